The minimum absolute atomic E-state index is 0.152. The van der Waals surface area contributed by atoms with Crippen LogP contribution in [-0.4, -0.2) is 93.2 Å². The Morgan fingerprint density at radius 3 is 1.37 bits per heavy atom. The van der Waals surface area contributed by atoms with Gasteiger partial charge in [0.1, 0.15) is 22.9 Å². The first-order valence-corrected chi connectivity index (χ1v) is 12.9. The van der Waals surface area contributed by atoms with Gasteiger partial charge < -0.3 is 29.1 Å². The molecule has 2 aliphatic rings. The highest BCUT2D eigenvalue weighted by molar-refractivity contribution is 5.96. The Hall–Kier alpha value is -4.27. The van der Waals surface area contributed by atoms with Crippen molar-refractivity contribution in [2.75, 3.05) is 76.4 Å². The standard InChI is InChI=1S/C29H33N5O4/c1-37-26-12-5-3-10-24(26)31-14-18-33(19-15-31)28(35)22-8-7-9-23(30-22)29(36)34-20-16-32(17-21-34)25-11-4-6-13-27(25)38-2/h3-13H,14-21H2,1-2H3. The Balaban J connectivity index is 1.20. The van der Waals surface area contributed by atoms with Crippen molar-refractivity contribution in [3.8, 4) is 11.5 Å². The van der Waals surface area contributed by atoms with Crippen LogP contribution in [0.3, 0.4) is 0 Å². The number of hydrogen-bond donors (Lipinski definition) is 0. The summed E-state index contributed by atoms with van der Waals surface area (Å²) in [7, 11) is 3.33. The molecule has 0 spiro atoms. The van der Waals surface area contributed by atoms with E-state index in [1.807, 2.05) is 48.5 Å². The molecule has 2 amide bonds. The molecule has 2 aliphatic heterocycles. The lowest BCUT2D eigenvalue weighted by molar-refractivity contribution is 0.0733. The van der Waals surface area contributed by atoms with Crippen LogP contribution in [0.2, 0.25) is 0 Å². The zero-order chi connectivity index (χ0) is 26.5. The second-order valence-electron chi connectivity index (χ2n) is 9.31. The zero-order valence-corrected chi connectivity index (χ0v) is 21.9. The topological polar surface area (TPSA) is 78.5 Å². The molecule has 0 bridgehead atoms. The molecule has 5 rings (SSSR count). The minimum atomic E-state index is -0.152. The molecule has 0 N–H and O–H groups in total. The molecule has 2 saturated heterocycles. The highest BCUT2D eigenvalue weighted by Gasteiger charge is 2.27. The van der Waals surface area contributed by atoms with E-state index in [2.05, 4.69) is 14.8 Å². The summed E-state index contributed by atoms with van der Waals surface area (Å²) in [6.45, 7) is 5.07. The number of carbonyl (C=O) groups excluding carboxylic acids is 2. The van der Waals surface area contributed by atoms with Crippen LogP contribution < -0.4 is 19.3 Å². The Labute approximate surface area is 223 Å². The minimum Gasteiger partial charge on any atom is -0.495 e. The van der Waals surface area contributed by atoms with Gasteiger partial charge in [-0.3, -0.25) is 9.59 Å². The first kappa shape index (κ1) is 25.4. The SMILES string of the molecule is COc1ccccc1N1CCN(C(=O)c2cccc(C(=O)N3CCN(c4ccccc4OC)CC3)n2)CC1. The summed E-state index contributed by atoms with van der Waals surface area (Å²) in [6, 6.07) is 20.9. The maximum absolute atomic E-state index is 13.3. The maximum Gasteiger partial charge on any atom is 0.272 e. The molecule has 3 heterocycles. The average molecular weight is 516 g/mol. The van der Waals surface area contributed by atoms with E-state index in [4.69, 9.17) is 9.47 Å². The number of anilines is 2. The number of pyridine rings is 1. The first-order valence-electron chi connectivity index (χ1n) is 12.9. The molecule has 198 valence electrons. The maximum atomic E-state index is 13.3. The zero-order valence-electron chi connectivity index (χ0n) is 21.9. The number of amides is 2. The van der Waals surface area contributed by atoms with Gasteiger partial charge in [-0.25, -0.2) is 4.98 Å². The molecule has 9 heteroatoms. The van der Waals surface area contributed by atoms with Gasteiger partial charge >= 0.3 is 0 Å². The molecule has 1 aromatic heterocycles. The van der Waals surface area contributed by atoms with Crippen molar-refractivity contribution in [1.29, 1.82) is 0 Å². The number of nitrogens with zero attached hydrogens (tertiary/aromatic N) is 5. The fraction of sp³-hybridized carbons (Fsp3) is 0.345. The van der Waals surface area contributed by atoms with E-state index in [-0.39, 0.29) is 11.8 Å². The Morgan fingerprint density at radius 2 is 0.974 bits per heavy atom. The van der Waals surface area contributed by atoms with Gasteiger partial charge in [-0.05, 0) is 36.4 Å². The molecular weight excluding hydrogens is 482 g/mol. The third kappa shape index (κ3) is 5.22. The van der Waals surface area contributed by atoms with Crippen LogP contribution in [-0.2, 0) is 0 Å². The van der Waals surface area contributed by atoms with E-state index < -0.39 is 0 Å². The molecule has 0 aliphatic carbocycles. The van der Waals surface area contributed by atoms with Crippen molar-refractivity contribution in [3.63, 3.8) is 0 Å². The largest absolute Gasteiger partial charge is 0.495 e. The van der Waals surface area contributed by atoms with Crippen LogP contribution in [0.4, 0.5) is 11.4 Å². The first-order chi connectivity index (χ1) is 18.6. The van der Waals surface area contributed by atoms with E-state index in [9.17, 15) is 9.59 Å². The number of aromatic nitrogens is 1. The Morgan fingerprint density at radius 1 is 0.579 bits per heavy atom. The normalized spacial score (nSPS) is 15.8. The van der Waals surface area contributed by atoms with Crippen molar-refractivity contribution in [3.05, 3.63) is 78.1 Å². The van der Waals surface area contributed by atoms with Crippen molar-refractivity contribution < 1.29 is 19.1 Å². The van der Waals surface area contributed by atoms with Gasteiger partial charge in [0.05, 0.1) is 25.6 Å². The average Bonchev–Trinajstić information content (AvgIpc) is 3.00. The number of methoxy groups -OCH3 is 2. The van der Waals surface area contributed by atoms with Gasteiger partial charge in [-0.2, -0.15) is 0 Å². The van der Waals surface area contributed by atoms with Gasteiger partial charge in [0.25, 0.3) is 11.8 Å². The molecule has 38 heavy (non-hydrogen) atoms. The monoisotopic (exact) mass is 515 g/mol. The summed E-state index contributed by atoms with van der Waals surface area (Å²) >= 11 is 0. The Kier molecular flexibility index (Phi) is 7.62. The summed E-state index contributed by atoms with van der Waals surface area (Å²) in [5.74, 6) is 1.34. The van der Waals surface area contributed by atoms with Gasteiger partial charge in [0.2, 0.25) is 0 Å². The number of hydrogen-bond acceptors (Lipinski definition) is 7. The third-order valence-corrected chi connectivity index (χ3v) is 7.17. The van der Waals surface area contributed by atoms with Crippen molar-refractivity contribution in [1.82, 2.24) is 14.8 Å². The van der Waals surface area contributed by atoms with Crippen LogP contribution >= 0.6 is 0 Å². The van der Waals surface area contributed by atoms with E-state index in [1.165, 1.54) is 0 Å². The number of ether oxygens (including phenoxy) is 2. The summed E-state index contributed by atoms with van der Waals surface area (Å²) in [5.41, 5.74) is 2.65. The highest BCUT2D eigenvalue weighted by atomic mass is 16.5. The molecule has 0 atom stereocenters. The van der Waals surface area contributed by atoms with Crippen molar-refractivity contribution >= 4 is 23.2 Å². The van der Waals surface area contributed by atoms with Crippen LogP contribution in [0, 0.1) is 0 Å². The fourth-order valence-electron chi connectivity index (χ4n) is 5.08. The number of piperazine rings is 2. The number of benzene rings is 2. The summed E-state index contributed by atoms with van der Waals surface area (Å²) in [5, 5.41) is 0. The van der Waals surface area contributed by atoms with E-state index in [1.54, 1.807) is 42.2 Å². The van der Waals surface area contributed by atoms with E-state index >= 15 is 0 Å². The Bertz CT molecular complexity index is 1190. The predicted molar refractivity (Wildman–Crippen MR) is 146 cm³/mol. The third-order valence-electron chi connectivity index (χ3n) is 7.17. The molecular formula is C29H33N5O4. The molecule has 0 radical (unpaired) electrons. The molecule has 2 fully saturated rings. The smallest absolute Gasteiger partial charge is 0.272 e. The second kappa shape index (κ2) is 11.4. The van der Waals surface area contributed by atoms with Gasteiger partial charge in [-0.1, -0.05) is 30.3 Å². The molecule has 2 aromatic carbocycles. The summed E-state index contributed by atoms with van der Waals surface area (Å²) in [6.07, 6.45) is 0. The van der Waals surface area contributed by atoms with Crippen molar-refractivity contribution in [2.24, 2.45) is 0 Å². The lowest BCUT2D eigenvalue weighted by Crippen LogP contribution is -2.49. The quantitative estimate of drug-likeness (QED) is 0.499. The second-order valence-corrected chi connectivity index (χ2v) is 9.31. The van der Waals surface area contributed by atoms with Gasteiger partial charge in [-0.15, -0.1) is 0 Å². The van der Waals surface area contributed by atoms with Crippen LogP contribution in [0.5, 0.6) is 11.5 Å². The van der Waals surface area contributed by atoms with Crippen LogP contribution in [0.25, 0.3) is 0 Å². The van der Waals surface area contributed by atoms with Crippen LogP contribution in [0.15, 0.2) is 66.7 Å². The molecule has 9 nitrogen and oxygen atoms in total. The van der Waals surface area contributed by atoms with E-state index in [0.717, 1.165) is 22.9 Å². The number of carbonyl (C=O) groups is 2. The van der Waals surface area contributed by atoms with Gasteiger partial charge in [0.15, 0.2) is 0 Å². The van der Waals surface area contributed by atoms with Gasteiger partial charge in [0, 0.05) is 52.4 Å². The lowest BCUT2D eigenvalue weighted by atomic mass is 10.2. The molecule has 0 unspecified atom stereocenters. The van der Waals surface area contributed by atoms with Crippen molar-refractivity contribution in [2.45, 2.75) is 0 Å². The highest BCUT2D eigenvalue weighted by Crippen LogP contribution is 2.29. The summed E-state index contributed by atoms with van der Waals surface area (Å²) < 4.78 is 11.0. The lowest BCUT2D eigenvalue weighted by Gasteiger charge is -2.37. The fourth-order valence-corrected chi connectivity index (χ4v) is 5.08. The number of rotatable bonds is 6. The predicted octanol–water partition coefficient (Wildman–Crippen LogP) is 3.02. The van der Waals surface area contributed by atoms with Crippen LogP contribution in [0.1, 0.15) is 21.0 Å². The molecule has 0 saturated carbocycles. The number of para-hydroxylation sites is 4. The molecule has 3 aromatic rings. The summed E-state index contributed by atoms with van der Waals surface area (Å²) in [4.78, 5) is 39.0. The van der Waals surface area contributed by atoms with E-state index in [0.29, 0.717) is 63.7 Å².